The van der Waals surface area contributed by atoms with Crippen LogP contribution >= 0.6 is 0 Å². The number of amides is 1. The first-order valence-corrected chi connectivity index (χ1v) is 2.13. The predicted octanol–water partition coefficient (Wildman–Crippen LogP) is -1.03. The van der Waals surface area contributed by atoms with Crippen molar-refractivity contribution in [3.63, 3.8) is 0 Å². The van der Waals surface area contributed by atoms with Gasteiger partial charge in [0.15, 0.2) is 0 Å². The van der Waals surface area contributed by atoms with Crippen LogP contribution < -0.4 is 5.73 Å². The summed E-state index contributed by atoms with van der Waals surface area (Å²) in [5, 5.41) is 14.6. The molecule has 0 radical (unpaired) electrons. The van der Waals surface area contributed by atoms with Crippen LogP contribution in [-0.4, -0.2) is 22.7 Å². The van der Waals surface area contributed by atoms with E-state index in [9.17, 15) is 9.59 Å². The highest BCUT2D eigenvalue weighted by Gasteiger charge is 2.08. The Hall–Kier alpha value is -1.39. The largest absolute Gasteiger partial charge is 0.477 e. The average Bonchev–Trinajstić information content (AvgIpc) is 1.63. The fourth-order valence-electron chi connectivity index (χ4n) is 0.250. The minimum Gasteiger partial charge on any atom is -0.477 e. The smallest absolute Gasteiger partial charge is 0.350 e. The van der Waals surface area contributed by atoms with Crippen molar-refractivity contribution in [1.29, 1.82) is 5.41 Å². The summed E-state index contributed by atoms with van der Waals surface area (Å²) in [5.74, 6) is -2.21. The van der Waals surface area contributed by atoms with Crippen LogP contribution in [0.4, 0.5) is 0 Å². The lowest BCUT2D eigenvalue weighted by Crippen LogP contribution is -2.21. The lowest BCUT2D eigenvalue weighted by Gasteiger charge is -1.90. The highest BCUT2D eigenvalue weighted by molar-refractivity contribution is 6.37. The van der Waals surface area contributed by atoms with Crippen LogP contribution in [0.5, 0.6) is 0 Å². The number of hydrogen-bond donors (Lipinski definition) is 3. The summed E-state index contributed by atoms with van der Waals surface area (Å²) < 4.78 is 0. The van der Waals surface area contributed by atoms with Gasteiger partial charge < -0.3 is 10.8 Å². The van der Waals surface area contributed by atoms with E-state index in [-0.39, 0.29) is 0 Å². The molecular weight excluding hydrogens is 124 g/mol. The molecule has 0 saturated carbocycles. The number of rotatable bonds is 3. The van der Waals surface area contributed by atoms with E-state index in [0.29, 0.717) is 0 Å². The van der Waals surface area contributed by atoms with Crippen LogP contribution in [0, 0.1) is 5.41 Å². The Morgan fingerprint density at radius 3 is 2.11 bits per heavy atom. The maximum absolute atomic E-state index is 9.93. The Morgan fingerprint density at radius 2 is 2.00 bits per heavy atom. The molecule has 0 aliphatic carbocycles. The van der Waals surface area contributed by atoms with Crippen molar-refractivity contribution in [3.8, 4) is 0 Å². The Kier molecular flexibility index (Phi) is 2.37. The third-order valence-electron chi connectivity index (χ3n) is 0.609. The molecule has 0 spiro atoms. The minimum absolute atomic E-state index is 0.505. The molecule has 9 heavy (non-hydrogen) atoms. The lowest BCUT2D eigenvalue weighted by atomic mass is 10.3. The maximum Gasteiger partial charge on any atom is 0.350 e. The summed E-state index contributed by atoms with van der Waals surface area (Å²) >= 11 is 0. The molecule has 0 aromatic carbocycles. The predicted molar refractivity (Wildman–Crippen MR) is 29.2 cm³/mol. The molecule has 0 rings (SSSR count). The van der Waals surface area contributed by atoms with Gasteiger partial charge in [-0.1, -0.05) is 0 Å². The van der Waals surface area contributed by atoms with E-state index in [1.165, 1.54) is 0 Å². The second-order valence-corrected chi connectivity index (χ2v) is 1.43. The van der Waals surface area contributed by atoms with Gasteiger partial charge >= 0.3 is 5.97 Å². The van der Waals surface area contributed by atoms with E-state index < -0.39 is 24.0 Å². The van der Waals surface area contributed by atoms with E-state index in [4.69, 9.17) is 10.5 Å². The number of nitrogens with one attached hydrogen (secondary N) is 1. The molecule has 0 atom stereocenters. The highest BCUT2D eigenvalue weighted by atomic mass is 16.4. The molecule has 5 heteroatoms. The molecule has 0 aliphatic rings. The summed E-state index contributed by atoms with van der Waals surface area (Å²) in [6.07, 6.45) is -0.505. The number of carbonyl (C=O) groups is 2. The van der Waals surface area contributed by atoms with Crippen molar-refractivity contribution in [3.05, 3.63) is 0 Å². The number of aliphatic carboxylic acids is 1. The van der Waals surface area contributed by atoms with Gasteiger partial charge in [0.1, 0.15) is 5.71 Å². The van der Waals surface area contributed by atoms with Crippen LogP contribution in [0.2, 0.25) is 0 Å². The van der Waals surface area contributed by atoms with Crippen LogP contribution in [-0.2, 0) is 9.59 Å². The van der Waals surface area contributed by atoms with Gasteiger partial charge in [0.2, 0.25) is 5.91 Å². The fourth-order valence-corrected chi connectivity index (χ4v) is 0.250. The Balaban J connectivity index is 3.79. The lowest BCUT2D eigenvalue weighted by molar-refractivity contribution is -0.130. The second-order valence-electron chi connectivity index (χ2n) is 1.43. The van der Waals surface area contributed by atoms with Crippen LogP contribution in [0.15, 0.2) is 0 Å². The van der Waals surface area contributed by atoms with E-state index in [2.05, 4.69) is 5.73 Å². The molecule has 0 fully saturated rings. The van der Waals surface area contributed by atoms with Crippen molar-refractivity contribution < 1.29 is 14.7 Å². The van der Waals surface area contributed by atoms with Crippen molar-refractivity contribution in [2.75, 3.05) is 0 Å². The minimum atomic E-state index is -1.41. The third-order valence-corrected chi connectivity index (χ3v) is 0.609. The normalized spacial score (nSPS) is 8.44. The standard InChI is InChI=1S/C4H6N2O3/c5-2(4(8)9)1-3(6)7/h5H,1H2,(H2,6,7)(H,8,9). The van der Waals surface area contributed by atoms with Gasteiger partial charge in [-0.2, -0.15) is 0 Å². The number of nitrogens with two attached hydrogens (primary N) is 1. The van der Waals surface area contributed by atoms with Crippen molar-refractivity contribution in [2.24, 2.45) is 5.73 Å². The quantitative estimate of drug-likeness (QED) is 0.425. The molecule has 0 bridgehead atoms. The first-order chi connectivity index (χ1) is 4.04. The van der Waals surface area contributed by atoms with Crippen LogP contribution in [0.3, 0.4) is 0 Å². The number of primary amides is 1. The zero-order valence-corrected chi connectivity index (χ0v) is 4.55. The maximum atomic E-state index is 9.93. The topological polar surface area (TPSA) is 104 Å². The molecule has 5 nitrogen and oxygen atoms in total. The van der Waals surface area contributed by atoms with Crippen molar-refractivity contribution in [1.82, 2.24) is 0 Å². The molecule has 50 valence electrons. The summed E-state index contributed by atoms with van der Waals surface area (Å²) in [7, 11) is 0. The number of carboxylic acid groups (broad SMARTS) is 1. The highest BCUT2D eigenvalue weighted by Crippen LogP contribution is 1.80. The zero-order valence-electron chi connectivity index (χ0n) is 4.55. The second kappa shape index (κ2) is 2.81. The number of carboxylic acids is 1. The Morgan fingerprint density at radius 1 is 1.56 bits per heavy atom. The van der Waals surface area contributed by atoms with E-state index in [0.717, 1.165) is 0 Å². The SMILES string of the molecule is N=C(CC(N)=O)C(=O)O. The number of hydrogen-bond acceptors (Lipinski definition) is 3. The van der Waals surface area contributed by atoms with E-state index >= 15 is 0 Å². The van der Waals surface area contributed by atoms with Gasteiger partial charge in [0.25, 0.3) is 0 Å². The van der Waals surface area contributed by atoms with Gasteiger partial charge in [-0.15, -0.1) is 0 Å². The molecular formula is C4H6N2O3. The third kappa shape index (κ3) is 3.22. The first kappa shape index (κ1) is 7.61. The van der Waals surface area contributed by atoms with Crippen LogP contribution in [0.1, 0.15) is 6.42 Å². The molecule has 0 aromatic rings. The summed E-state index contributed by atoms with van der Waals surface area (Å²) in [4.78, 5) is 19.7. The monoisotopic (exact) mass is 130 g/mol. The van der Waals surface area contributed by atoms with Gasteiger partial charge in [-0.25, -0.2) is 4.79 Å². The fraction of sp³-hybridized carbons (Fsp3) is 0.250. The molecule has 1 amide bonds. The van der Waals surface area contributed by atoms with Gasteiger partial charge in [-0.05, 0) is 0 Å². The average molecular weight is 130 g/mol. The molecule has 0 heterocycles. The van der Waals surface area contributed by atoms with Gasteiger partial charge in [0, 0.05) is 0 Å². The number of carbonyl (C=O) groups excluding carboxylic acids is 1. The van der Waals surface area contributed by atoms with Crippen LogP contribution in [0.25, 0.3) is 0 Å². The first-order valence-electron chi connectivity index (χ1n) is 2.13. The van der Waals surface area contributed by atoms with E-state index in [1.54, 1.807) is 0 Å². The summed E-state index contributed by atoms with van der Waals surface area (Å²) in [6.45, 7) is 0. The van der Waals surface area contributed by atoms with Gasteiger partial charge in [0.05, 0.1) is 6.42 Å². The zero-order chi connectivity index (χ0) is 7.44. The van der Waals surface area contributed by atoms with Gasteiger partial charge in [-0.3, -0.25) is 10.2 Å². The summed E-state index contributed by atoms with van der Waals surface area (Å²) in [6, 6.07) is 0. The molecule has 4 N–H and O–H groups in total. The molecule has 0 aromatic heterocycles. The Bertz CT molecular complexity index is 163. The van der Waals surface area contributed by atoms with Crippen molar-refractivity contribution in [2.45, 2.75) is 6.42 Å². The molecule has 0 saturated heterocycles. The summed E-state index contributed by atoms with van der Waals surface area (Å²) in [5.41, 5.74) is 3.91. The Labute approximate surface area is 51.0 Å². The van der Waals surface area contributed by atoms with Crippen molar-refractivity contribution >= 4 is 17.6 Å². The molecule has 0 aliphatic heterocycles. The molecule has 0 unspecified atom stereocenters. The van der Waals surface area contributed by atoms with E-state index in [1.807, 2.05) is 0 Å².